The largest absolute Gasteiger partial charge is 0.476 e. The highest BCUT2D eigenvalue weighted by Gasteiger charge is 2.11. The predicted octanol–water partition coefficient (Wildman–Crippen LogP) is 0.455. The van der Waals surface area contributed by atoms with Crippen LogP contribution in [0.1, 0.15) is 20.8 Å². The van der Waals surface area contributed by atoms with Crippen molar-refractivity contribution in [3.05, 3.63) is 40.9 Å². The molecule has 1 amide bonds. The van der Waals surface area contributed by atoms with Gasteiger partial charge in [-0.2, -0.15) is 0 Å². The first-order valence-electron chi connectivity index (χ1n) is 5.60. The molecule has 0 aromatic carbocycles. The minimum atomic E-state index is -1.15. The van der Waals surface area contributed by atoms with Crippen LogP contribution in [0.2, 0.25) is 5.15 Å². The highest BCUT2D eigenvalue weighted by molar-refractivity contribution is 6.32. The summed E-state index contributed by atoms with van der Waals surface area (Å²) < 4.78 is 1.33. The van der Waals surface area contributed by atoms with Gasteiger partial charge in [0.2, 0.25) is 0 Å². The van der Waals surface area contributed by atoms with E-state index < -0.39 is 5.97 Å². The van der Waals surface area contributed by atoms with E-state index in [1.165, 1.54) is 17.1 Å². The molecule has 0 aliphatic heterocycles. The van der Waals surface area contributed by atoms with E-state index in [9.17, 15) is 9.59 Å². The fourth-order valence-corrected chi connectivity index (χ4v) is 1.65. The first-order valence-corrected chi connectivity index (χ1v) is 5.98. The maximum absolute atomic E-state index is 11.8. The summed E-state index contributed by atoms with van der Waals surface area (Å²) in [5, 5.41) is 18.5. The van der Waals surface area contributed by atoms with Gasteiger partial charge in [0.15, 0.2) is 5.69 Å². The van der Waals surface area contributed by atoms with Crippen LogP contribution in [-0.2, 0) is 6.54 Å². The van der Waals surface area contributed by atoms with Crippen LogP contribution in [0, 0.1) is 0 Å². The number of hydrogen-bond acceptors (Lipinski definition) is 5. The molecule has 2 rings (SSSR count). The van der Waals surface area contributed by atoms with Crippen molar-refractivity contribution in [2.45, 2.75) is 6.54 Å². The second-order valence-electron chi connectivity index (χ2n) is 3.77. The van der Waals surface area contributed by atoms with E-state index in [2.05, 4.69) is 20.6 Å². The van der Waals surface area contributed by atoms with Crippen LogP contribution >= 0.6 is 11.6 Å². The Balaban J connectivity index is 1.88. The van der Waals surface area contributed by atoms with Crippen molar-refractivity contribution < 1.29 is 14.7 Å². The van der Waals surface area contributed by atoms with Gasteiger partial charge in [-0.25, -0.2) is 14.5 Å². The number of carbonyl (C=O) groups excluding carboxylic acids is 1. The van der Waals surface area contributed by atoms with Crippen molar-refractivity contribution in [3.8, 4) is 0 Å². The predicted molar refractivity (Wildman–Crippen MR) is 68.6 cm³/mol. The van der Waals surface area contributed by atoms with Gasteiger partial charge >= 0.3 is 5.97 Å². The van der Waals surface area contributed by atoms with Crippen LogP contribution in [-0.4, -0.2) is 43.5 Å². The summed E-state index contributed by atoms with van der Waals surface area (Å²) in [6, 6.07) is 3.17. The number of aromatic carboxylic acids is 1. The lowest BCUT2D eigenvalue weighted by Gasteiger charge is -2.05. The van der Waals surface area contributed by atoms with E-state index in [-0.39, 0.29) is 28.9 Å². The van der Waals surface area contributed by atoms with Gasteiger partial charge in [-0.1, -0.05) is 16.8 Å². The minimum Gasteiger partial charge on any atom is -0.476 e. The third-order valence-electron chi connectivity index (χ3n) is 2.39. The monoisotopic (exact) mass is 295 g/mol. The summed E-state index contributed by atoms with van der Waals surface area (Å²) in [6.07, 6.45) is 2.77. The summed E-state index contributed by atoms with van der Waals surface area (Å²) in [7, 11) is 0. The Kier molecular flexibility index (Phi) is 4.26. The quantitative estimate of drug-likeness (QED) is 0.775. The maximum atomic E-state index is 11.8. The number of nitrogens with one attached hydrogen (secondary N) is 1. The lowest BCUT2D eigenvalue weighted by molar-refractivity contribution is 0.0690. The molecule has 0 aliphatic rings. The second kappa shape index (κ2) is 6.11. The average Bonchev–Trinajstić information content (AvgIpc) is 2.88. The summed E-state index contributed by atoms with van der Waals surface area (Å²) in [6.45, 7) is 0.552. The molecule has 0 bridgehead atoms. The van der Waals surface area contributed by atoms with E-state index in [1.54, 1.807) is 12.1 Å². The molecule has 8 nitrogen and oxygen atoms in total. The summed E-state index contributed by atoms with van der Waals surface area (Å²) in [5.41, 5.74) is 0.130. The molecule has 0 aliphatic carbocycles. The fraction of sp³-hybridized carbons (Fsp3) is 0.182. The molecule has 0 atom stereocenters. The van der Waals surface area contributed by atoms with Gasteiger partial charge in [-0.15, -0.1) is 5.10 Å². The van der Waals surface area contributed by atoms with Gasteiger partial charge in [0.05, 0.1) is 18.3 Å². The number of carbonyl (C=O) groups is 2. The average molecular weight is 296 g/mol. The lowest BCUT2D eigenvalue weighted by Crippen LogP contribution is -2.27. The Labute approximate surface area is 118 Å². The van der Waals surface area contributed by atoms with Crippen molar-refractivity contribution in [3.63, 3.8) is 0 Å². The maximum Gasteiger partial charge on any atom is 0.358 e. The van der Waals surface area contributed by atoms with Crippen molar-refractivity contribution in [2.75, 3.05) is 6.54 Å². The first kappa shape index (κ1) is 13.9. The van der Waals surface area contributed by atoms with Crippen molar-refractivity contribution in [2.24, 2.45) is 0 Å². The molecule has 0 fully saturated rings. The van der Waals surface area contributed by atoms with Crippen LogP contribution in [0.25, 0.3) is 0 Å². The van der Waals surface area contributed by atoms with E-state index >= 15 is 0 Å². The van der Waals surface area contributed by atoms with Crippen LogP contribution in [0.4, 0.5) is 0 Å². The number of rotatable bonds is 5. The molecule has 104 valence electrons. The highest BCUT2D eigenvalue weighted by Crippen LogP contribution is 2.10. The van der Waals surface area contributed by atoms with Crippen LogP contribution in [0.5, 0.6) is 0 Å². The zero-order chi connectivity index (χ0) is 14.5. The summed E-state index contributed by atoms with van der Waals surface area (Å²) >= 11 is 5.79. The Morgan fingerprint density at radius 2 is 2.25 bits per heavy atom. The topological polar surface area (TPSA) is 110 Å². The molecule has 2 aromatic rings. The molecule has 0 saturated heterocycles. The molecule has 0 saturated carbocycles. The molecule has 0 radical (unpaired) electrons. The number of nitrogens with zero attached hydrogens (tertiary/aromatic N) is 4. The number of hydrogen-bond donors (Lipinski definition) is 2. The number of halogens is 1. The van der Waals surface area contributed by atoms with Crippen molar-refractivity contribution >= 4 is 23.5 Å². The molecular weight excluding hydrogens is 286 g/mol. The third-order valence-corrected chi connectivity index (χ3v) is 2.69. The van der Waals surface area contributed by atoms with Crippen molar-refractivity contribution in [1.82, 2.24) is 25.3 Å². The van der Waals surface area contributed by atoms with Gasteiger partial charge in [0.25, 0.3) is 5.91 Å². The van der Waals surface area contributed by atoms with Gasteiger partial charge < -0.3 is 10.4 Å². The molecule has 9 heteroatoms. The minimum absolute atomic E-state index is 0.124. The third kappa shape index (κ3) is 3.29. The standard InChI is InChI=1S/C11H10ClN5O3/c12-9-7(2-1-3-13-9)10(18)14-4-5-17-6-8(11(19)20)15-16-17/h1-3,6H,4-5H2,(H,14,18)(H,19,20). The lowest BCUT2D eigenvalue weighted by atomic mass is 10.2. The zero-order valence-electron chi connectivity index (χ0n) is 10.2. The molecule has 0 spiro atoms. The van der Waals surface area contributed by atoms with Crippen LogP contribution in [0.15, 0.2) is 24.5 Å². The Bertz CT molecular complexity index is 642. The molecule has 0 unspecified atom stereocenters. The first-order chi connectivity index (χ1) is 9.58. The molecule has 20 heavy (non-hydrogen) atoms. The molecule has 2 aromatic heterocycles. The number of carboxylic acid groups (broad SMARTS) is 1. The smallest absolute Gasteiger partial charge is 0.358 e. The van der Waals surface area contributed by atoms with E-state index in [4.69, 9.17) is 16.7 Å². The Hall–Kier alpha value is -2.48. The Morgan fingerprint density at radius 1 is 1.45 bits per heavy atom. The Morgan fingerprint density at radius 3 is 2.90 bits per heavy atom. The van der Waals surface area contributed by atoms with Crippen LogP contribution < -0.4 is 5.32 Å². The SMILES string of the molecule is O=C(O)c1cn(CCNC(=O)c2cccnc2Cl)nn1. The van der Waals surface area contributed by atoms with Gasteiger partial charge in [-0.05, 0) is 12.1 Å². The summed E-state index contributed by atoms with van der Waals surface area (Å²) in [5.74, 6) is -1.51. The fourth-order valence-electron chi connectivity index (χ4n) is 1.44. The number of pyridine rings is 1. The van der Waals surface area contributed by atoms with Crippen LogP contribution in [0.3, 0.4) is 0 Å². The zero-order valence-corrected chi connectivity index (χ0v) is 10.9. The van der Waals surface area contributed by atoms with Gasteiger partial charge in [0, 0.05) is 12.7 Å². The highest BCUT2D eigenvalue weighted by atomic mass is 35.5. The number of carboxylic acids is 1. The molecule has 2 N–H and O–H groups in total. The van der Waals surface area contributed by atoms with E-state index in [1.807, 2.05) is 0 Å². The van der Waals surface area contributed by atoms with E-state index in [0.29, 0.717) is 6.54 Å². The van der Waals surface area contributed by atoms with Gasteiger partial charge in [0.1, 0.15) is 5.15 Å². The number of amides is 1. The second-order valence-corrected chi connectivity index (χ2v) is 4.13. The summed E-state index contributed by atoms with van der Waals surface area (Å²) in [4.78, 5) is 26.2. The number of aromatic nitrogens is 4. The van der Waals surface area contributed by atoms with Crippen molar-refractivity contribution in [1.29, 1.82) is 0 Å². The van der Waals surface area contributed by atoms with Gasteiger partial charge in [-0.3, -0.25) is 4.79 Å². The molecule has 2 heterocycles. The normalized spacial score (nSPS) is 10.2. The van der Waals surface area contributed by atoms with E-state index in [0.717, 1.165) is 0 Å². The molecular formula is C11H10ClN5O3.